The first-order valence-electron chi connectivity index (χ1n) is 12.6. The molecule has 2 heterocycles. The van der Waals surface area contributed by atoms with E-state index in [2.05, 4.69) is 5.32 Å². The fraction of sp³-hybridized carbons (Fsp3) is 0.250. The minimum atomic E-state index is -3.70. The lowest BCUT2D eigenvalue weighted by Gasteiger charge is -2.25. The Hall–Kier alpha value is -3.31. The smallest absolute Gasteiger partial charge is 0.455 e. The number of amides is 1. The molecule has 0 radical (unpaired) electrons. The largest absolute Gasteiger partial charge is 0.491 e. The Labute approximate surface area is 231 Å². The number of carbonyl (C=O) groups excluding carboxylic acids is 1. The molecule has 0 atom stereocenters. The van der Waals surface area contributed by atoms with E-state index in [1.807, 2.05) is 12.1 Å². The molecule has 1 aliphatic heterocycles. The van der Waals surface area contributed by atoms with Crippen LogP contribution in [-0.2, 0) is 27.8 Å². The standard InChI is InChI=1S/C28H26BClN2O6S/c1-31-28(33)26-22-12-21(17-4-5-17)24(13-25(22)38-27(26)18-6-8-20(30)9-7-18)32(39(2,35)36)14-16-3-10-23-19(11-16)15-37-29(23)34/h3,6-13,17,34H,4-5,14-15H2,1-2H3,(H,31,33). The summed E-state index contributed by atoms with van der Waals surface area (Å²) >= 11 is 6.08. The summed E-state index contributed by atoms with van der Waals surface area (Å²) in [7, 11) is -3.10. The zero-order chi connectivity index (χ0) is 27.5. The molecular weight excluding hydrogens is 539 g/mol. The number of halogens is 1. The third kappa shape index (κ3) is 4.82. The molecule has 0 spiro atoms. The Balaban J connectivity index is 1.51. The highest BCUT2D eigenvalue weighted by molar-refractivity contribution is 7.92. The Morgan fingerprint density at radius 3 is 2.56 bits per heavy atom. The van der Waals surface area contributed by atoms with E-state index >= 15 is 0 Å². The van der Waals surface area contributed by atoms with Gasteiger partial charge in [0.05, 0.1) is 30.7 Å². The normalized spacial score (nSPS) is 15.0. The van der Waals surface area contributed by atoms with Crippen LogP contribution >= 0.6 is 11.6 Å². The summed E-state index contributed by atoms with van der Waals surface area (Å²) < 4.78 is 39.3. The quantitative estimate of drug-likeness (QED) is 0.326. The number of carbonyl (C=O) groups is 1. The van der Waals surface area contributed by atoms with Gasteiger partial charge in [-0.05, 0) is 71.2 Å². The molecule has 0 unspecified atom stereocenters. The van der Waals surface area contributed by atoms with Crippen LogP contribution in [0.4, 0.5) is 5.69 Å². The molecule has 0 bridgehead atoms. The monoisotopic (exact) mass is 564 g/mol. The van der Waals surface area contributed by atoms with Crippen LogP contribution in [0.15, 0.2) is 59.0 Å². The zero-order valence-corrected chi connectivity index (χ0v) is 23.0. The van der Waals surface area contributed by atoms with E-state index in [0.29, 0.717) is 44.0 Å². The van der Waals surface area contributed by atoms with Crippen molar-refractivity contribution in [2.45, 2.75) is 31.9 Å². The number of sulfonamides is 1. The lowest BCUT2D eigenvalue weighted by atomic mass is 9.79. The number of benzene rings is 3. The Kier molecular flexibility index (Phi) is 6.46. The van der Waals surface area contributed by atoms with E-state index in [4.69, 9.17) is 20.7 Å². The van der Waals surface area contributed by atoms with E-state index in [9.17, 15) is 18.2 Å². The van der Waals surface area contributed by atoms with Crippen molar-refractivity contribution in [2.24, 2.45) is 0 Å². The summed E-state index contributed by atoms with van der Waals surface area (Å²) in [6, 6.07) is 16.1. The summed E-state index contributed by atoms with van der Waals surface area (Å²) in [6.45, 7) is 0.366. The van der Waals surface area contributed by atoms with Crippen LogP contribution in [0.25, 0.3) is 22.3 Å². The Bertz CT molecular complexity index is 1720. The van der Waals surface area contributed by atoms with Crippen molar-refractivity contribution in [1.29, 1.82) is 0 Å². The maximum absolute atomic E-state index is 13.2. The number of rotatable bonds is 7. The van der Waals surface area contributed by atoms with Crippen LogP contribution in [0.1, 0.15) is 45.8 Å². The lowest BCUT2D eigenvalue weighted by Crippen LogP contribution is -2.31. The molecule has 1 amide bonds. The average molecular weight is 565 g/mol. The molecule has 1 saturated carbocycles. The highest BCUT2D eigenvalue weighted by atomic mass is 35.5. The first kappa shape index (κ1) is 25.9. The highest BCUT2D eigenvalue weighted by Crippen LogP contribution is 2.48. The number of hydrogen-bond acceptors (Lipinski definition) is 6. The van der Waals surface area contributed by atoms with Gasteiger partial charge in [-0.3, -0.25) is 9.10 Å². The van der Waals surface area contributed by atoms with Crippen LogP contribution in [0, 0.1) is 0 Å². The van der Waals surface area contributed by atoms with Crippen molar-refractivity contribution < 1.29 is 27.3 Å². The second kappa shape index (κ2) is 9.71. The average Bonchev–Trinajstić information content (AvgIpc) is 3.60. The molecule has 200 valence electrons. The van der Waals surface area contributed by atoms with Gasteiger partial charge in [0.25, 0.3) is 5.91 Å². The minimum Gasteiger partial charge on any atom is -0.455 e. The molecule has 4 aromatic rings. The number of furan rings is 1. The number of nitrogens with zero attached hydrogens (tertiary/aromatic N) is 1. The first-order valence-corrected chi connectivity index (χ1v) is 14.8. The van der Waals surface area contributed by atoms with Crippen LogP contribution < -0.4 is 15.1 Å². The molecule has 39 heavy (non-hydrogen) atoms. The van der Waals surface area contributed by atoms with Gasteiger partial charge in [0.1, 0.15) is 11.3 Å². The van der Waals surface area contributed by atoms with Crippen molar-refractivity contribution in [3.05, 3.63) is 81.9 Å². The van der Waals surface area contributed by atoms with E-state index in [1.165, 1.54) is 10.6 Å². The van der Waals surface area contributed by atoms with Crippen LogP contribution in [-0.4, -0.2) is 39.8 Å². The molecule has 2 N–H and O–H groups in total. The minimum absolute atomic E-state index is 0.0977. The van der Waals surface area contributed by atoms with Gasteiger partial charge in [-0.1, -0.05) is 29.8 Å². The lowest BCUT2D eigenvalue weighted by molar-refractivity contribution is 0.0964. The van der Waals surface area contributed by atoms with Gasteiger partial charge in [0, 0.05) is 29.1 Å². The summed E-state index contributed by atoms with van der Waals surface area (Å²) in [4.78, 5) is 13.1. The van der Waals surface area contributed by atoms with Crippen LogP contribution in [0.3, 0.4) is 0 Å². The van der Waals surface area contributed by atoms with Crippen molar-refractivity contribution >= 4 is 56.8 Å². The van der Waals surface area contributed by atoms with Gasteiger partial charge in [0.2, 0.25) is 10.0 Å². The SMILES string of the molecule is CNC(=O)c1c(-c2ccc(Cl)cc2)oc2cc(N(Cc3ccc4c(c3)COB4O)S(C)(=O)=O)c(C3CC3)cc12. The molecule has 8 nitrogen and oxygen atoms in total. The van der Waals surface area contributed by atoms with Gasteiger partial charge < -0.3 is 19.4 Å². The summed E-state index contributed by atoms with van der Waals surface area (Å²) in [6.07, 6.45) is 3.05. The van der Waals surface area contributed by atoms with Gasteiger partial charge in [-0.2, -0.15) is 0 Å². The summed E-state index contributed by atoms with van der Waals surface area (Å²) in [5.41, 5.74) is 5.18. The Morgan fingerprint density at radius 1 is 1.15 bits per heavy atom. The maximum atomic E-state index is 13.2. The van der Waals surface area contributed by atoms with Gasteiger partial charge in [-0.25, -0.2) is 8.42 Å². The van der Waals surface area contributed by atoms with E-state index in [1.54, 1.807) is 49.5 Å². The molecule has 1 fully saturated rings. The molecule has 1 aliphatic carbocycles. The predicted molar refractivity (Wildman–Crippen MR) is 152 cm³/mol. The van der Waals surface area contributed by atoms with E-state index < -0.39 is 17.1 Å². The predicted octanol–water partition coefficient (Wildman–Crippen LogP) is 4.17. The molecule has 11 heteroatoms. The van der Waals surface area contributed by atoms with Crippen molar-refractivity contribution in [2.75, 3.05) is 17.6 Å². The highest BCUT2D eigenvalue weighted by Gasteiger charge is 2.34. The van der Waals surface area contributed by atoms with E-state index in [0.717, 1.165) is 29.5 Å². The van der Waals surface area contributed by atoms with Gasteiger partial charge >= 0.3 is 7.12 Å². The summed E-state index contributed by atoms with van der Waals surface area (Å²) in [5, 5.41) is 13.9. The number of anilines is 1. The van der Waals surface area contributed by atoms with Crippen molar-refractivity contribution in [1.82, 2.24) is 5.32 Å². The first-order chi connectivity index (χ1) is 18.6. The van der Waals surface area contributed by atoms with Crippen molar-refractivity contribution in [3.63, 3.8) is 0 Å². The molecular formula is C28H26BClN2O6S. The van der Waals surface area contributed by atoms with E-state index in [-0.39, 0.29) is 25.0 Å². The number of fused-ring (bicyclic) bond motifs is 2. The second-order valence-electron chi connectivity index (χ2n) is 10.0. The Morgan fingerprint density at radius 2 is 1.90 bits per heavy atom. The van der Waals surface area contributed by atoms with Gasteiger partial charge in [0.15, 0.2) is 0 Å². The number of nitrogens with one attached hydrogen (secondary N) is 1. The number of hydrogen-bond donors (Lipinski definition) is 2. The zero-order valence-electron chi connectivity index (χ0n) is 21.4. The third-order valence-electron chi connectivity index (χ3n) is 7.28. The fourth-order valence-corrected chi connectivity index (χ4v) is 6.19. The molecule has 1 aromatic heterocycles. The molecule has 6 rings (SSSR count). The maximum Gasteiger partial charge on any atom is 0.491 e. The second-order valence-corrected chi connectivity index (χ2v) is 12.4. The van der Waals surface area contributed by atoms with Crippen molar-refractivity contribution in [3.8, 4) is 11.3 Å². The molecule has 0 saturated heterocycles. The topological polar surface area (TPSA) is 109 Å². The van der Waals surface area contributed by atoms with Crippen LogP contribution in [0.2, 0.25) is 5.02 Å². The fourth-order valence-electron chi connectivity index (χ4n) is 5.17. The molecule has 3 aromatic carbocycles. The third-order valence-corrected chi connectivity index (χ3v) is 8.66. The molecule has 2 aliphatic rings. The summed E-state index contributed by atoms with van der Waals surface area (Å²) in [5.74, 6) is 0.280. The van der Waals surface area contributed by atoms with Crippen LogP contribution in [0.5, 0.6) is 0 Å². The van der Waals surface area contributed by atoms with Gasteiger partial charge in [-0.15, -0.1) is 0 Å².